The predicted molar refractivity (Wildman–Crippen MR) is 135 cm³/mol. The van der Waals surface area contributed by atoms with Crippen LogP contribution in [-0.4, -0.2) is 19.2 Å². The second-order valence-corrected chi connectivity index (χ2v) is 8.64. The van der Waals surface area contributed by atoms with E-state index in [1.807, 2.05) is 52.0 Å². The summed E-state index contributed by atoms with van der Waals surface area (Å²) in [5.74, 6) is 2.12. The van der Waals surface area contributed by atoms with E-state index in [9.17, 15) is 4.79 Å². The first-order valence-corrected chi connectivity index (χ1v) is 12.7. The standard InChI is InChI=1S/C25H30O4.2C2H6/c1-17-3-5-19(6-4-17)20-11-13-23(14-12-20)29-24(26)21-7-9-22(10-8-21)25-27-15-18(2)16-28-25;2*1-2/h7-14,17-19,25H,3-6,15-16H2,1-2H3;2*1-2H3. The van der Waals surface area contributed by atoms with Gasteiger partial charge in [0, 0.05) is 11.5 Å². The van der Waals surface area contributed by atoms with E-state index in [1.54, 1.807) is 12.1 Å². The van der Waals surface area contributed by atoms with Crippen molar-refractivity contribution in [3.8, 4) is 5.75 Å². The van der Waals surface area contributed by atoms with Gasteiger partial charge in [-0.15, -0.1) is 0 Å². The van der Waals surface area contributed by atoms with Gasteiger partial charge in [0.15, 0.2) is 6.29 Å². The largest absolute Gasteiger partial charge is 0.423 e. The number of rotatable bonds is 4. The number of carbonyl (C=O) groups is 1. The summed E-state index contributed by atoms with van der Waals surface area (Å²) >= 11 is 0. The van der Waals surface area contributed by atoms with E-state index < -0.39 is 0 Å². The summed E-state index contributed by atoms with van der Waals surface area (Å²) in [6.45, 7) is 13.8. The molecule has 0 amide bonds. The Balaban J connectivity index is 0.000000914. The third-order valence-corrected chi connectivity index (χ3v) is 6.06. The van der Waals surface area contributed by atoms with Crippen molar-refractivity contribution in [2.24, 2.45) is 11.8 Å². The second-order valence-electron chi connectivity index (χ2n) is 8.64. The van der Waals surface area contributed by atoms with E-state index in [4.69, 9.17) is 14.2 Å². The third-order valence-electron chi connectivity index (χ3n) is 6.06. The molecule has 4 heteroatoms. The molecular formula is C29H42O4. The van der Waals surface area contributed by atoms with E-state index in [0.717, 1.165) is 11.5 Å². The van der Waals surface area contributed by atoms with Crippen LogP contribution in [0.2, 0.25) is 0 Å². The molecule has 4 rings (SSSR count). The van der Waals surface area contributed by atoms with Crippen LogP contribution in [-0.2, 0) is 9.47 Å². The molecule has 1 aliphatic heterocycles. The summed E-state index contributed by atoms with van der Waals surface area (Å²) < 4.78 is 17.0. The van der Waals surface area contributed by atoms with Crippen LogP contribution in [0.4, 0.5) is 0 Å². The predicted octanol–water partition coefficient (Wildman–Crippen LogP) is 7.93. The lowest BCUT2D eigenvalue weighted by molar-refractivity contribution is -0.202. The van der Waals surface area contributed by atoms with Gasteiger partial charge >= 0.3 is 5.97 Å². The molecule has 0 aromatic heterocycles. The van der Waals surface area contributed by atoms with E-state index in [0.29, 0.717) is 36.4 Å². The van der Waals surface area contributed by atoms with E-state index in [2.05, 4.69) is 26.0 Å². The highest BCUT2D eigenvalue weighted by molar-refractivity contribution is 5.91. The Morgan fingerprint density at radius 3 is 1.79 bits per heavy atom. The lowest BCUT2D eigenvalue weighted by atomic mass is 9.79. The quantitative estimate of drug-likeness (QED) is 0.347. The molecule has 1 heterocycles. The van der Waals surface area contributed by atoms with Crippen LogP contribution in [0.3, 0.4) is 0 Å². The monoisotopic (exact) mass is 454 g/mol. The average Bonchev–Trinajstić information content (AvgIpc) is 2.88. The van der Waals surface area contributed by atoms with Crippen molar-refractivity contribution in [1.82, 2.24) is 0 Å². The highest BCUT2D eigenvalue weighted by Crippen LogP contribution is 2.36. The second kappa shape index (κ2) is 14.2. The van der Waals surface area contributed by atoms with Crippen LogP contribution < -0.4 is 4.74 Å². The highest BCUT2D eigenvalue weighted by atomic mass is 16.7. The van der Waals surface area contributed by atoms with Crippen molar-refractivity contribution in [1.29, 1.82) is 0 Å². The zero-order chi connectivity index (χ0) is 24.2. The molecule has 1 saturated carbocycles. The Labute approximate surface area is 200 Å². The Kier molecular flexibility index (Phi) is 11.6. The van der Waals surface area contributed by atoms with Crippen molar-refractivity contribution in [3.63, 3.8) is 0 Å². The van der Waals surface area contributed by atoms with Gasteiger partial charge in [-0.1, -0.05) is 78.6 Å². The first-order chi connectivity index (χ1) is 16.1. The first kappa shape index (κ1) is 27.1. The van der Waals surface area contributed by atoms with E-state index >= 15 is 0 Å². The van der Waals surface area contributed by atoms with Crippen molar-refractivity contribution in [2.75, 3.05) is 13.2 Å². The van der Waals surface area contributed by atoms with Crippen molar-refractivity contribution in [2.45, 2.75) is 79.4 Å². The maximum Gasteiger partial charge on any atom is 0.343 e. The Hall–Kier alpha value is -2.17. The summed E-state index contributed by atoms with van der Waals surface area (Å²) in [5, 5.41) is 0. The van der Waals surface area contributed by atoms with Crippen LogP contribution in [0.5, 0.6) is 5.75 Å². The molecule has 2 aromatic rings. The number of ether oxygens (including phenoxy) is 3. The highest BCUT2D eigenvalue weighted by Gasteiger charge is 2.22. The molecule has 182 valence electrons. The van der Waals surface area contributed by atoms with E-state index in [-0.39, 0.29) is 12.3 Å². The van der Waals surface area contributed by atoms with Gasteiger partial charge in [0.25, 0.3) is 0 Å². The zero-order valence-electron chi connectivity index (χ0n) is 21.3. The minimum Gasteiger partial charge on any atom is -0.423 e. The average molecular weight is 455 g/mol. The molecule has 2 aromatic carbocycles. The summed E-state index contributed by atoms with van der Waals surface area (Å²) in [6.07, 6.45) is 4.74. The van der Waals surface area contributed by atoms with Crippen LogP contribution in [0.25, 0.3) is 0 Å². The van der Waals surface area contributed by atoms with Gasteiger partial charge in [-0.3, -0.25) is 0 Å². The van der Waals surface area contributed by atoms with Gasteiger partial charge in [-0.05, 0) is 54.5 Å². The number of benzene rings is 2. The lowest BCUT2D eigenvalue weighted by Gasteiger charge is -2.27. The molecule has 0 atom stereocenters. The van der Waals surface area contributed by atoms with Gasteiger partial charge in [-0.25, -0.2) is 4.79 Å². The first-order valence-electron chi connectivity index (χ1n) is 12.7. The van der Waals surface area contributed by atoms with Crippen molar-refractivity contribution < 1.29 is 19.0 Å². The number of esters is 1. The number of hydrogen-bond acceptors (Lipinski definition) is 4. The van der Waals surface area contributed by atoms with Gasteiger partial charge < -0.3 is 14.2 Å². The number of hydrogen-bond donors (Lipinski definition) is 0. The number of carbonyl (C=O) groups excluding carboxylic acids is 1. The SMILES string of the molecule is CC.CC.CC1CCC(c2ccc(OC(=O)c3ccc(C4OCC(C)CO4)cc3)cc2)CC1. The summed E-state index contributed by atoms with van der Waals surface area (Å²) in [5.41, 5.74) is 2.78. The molecule has 0 bridgehead atoms. The van der Waals surface area contributed by atoms with Gasteiger partial charge in [0.1, 0.15) is 5.75 Å². The van der Waals surface area contributed by atoms with Gasteiger partial charge in [0.05, 0.1) is 18.8 Å². The molecule has 1 aliphatic carbocycles. The molecule has 0 radical (unpaired) electrons. The third kappa shape index (κ3) is 7.97. The van der Waals surface area contributed by atoms with Crippen LogP contribution in [0, 0.1) is 11.8 Å². The summed E-state index contributed by atoms with van der Waals surface area (Å²) in [6, 6.07) is 15.3. The fraction of sp³-hybridized carbons (Fsp3) is 0.552. The fourth-order valence-electron chi connectivity index (χ4n) is 4.14. The molecule has 0 spiro atoms. The van der Waals surface area contributed by atoms with Crippen molar-refractivity contribution >= 4 is 5.97 Å². The molecule has 33 heavy (non-hydrogen) atoms. The molecule has 2 fully saturated rings. The normalized spacial score (nSPS) is 24.4. The molecule has 1 saturated heterocycles. The fourth-order valence-corrected chi connectivity index (χ4v) is 4.14. The Morgan fingerprint density at radius 1 is 0.727 bits per heavy atom. The summed E-state index contributed by atoms with van der Waals surface area (Å²) in [4.78, 5) is 12.5. The Morgan fingerprint density at radius 2 is 1.24 bits per heavy atom. The zero-order valence-corrected chi connectivity index (χ0v) is 21.3. The lowest BCUT2D eigenvalue weighted by Crippen LogP contribution is -2.25. The van der Waals surface area contributed by atoms with Crippen LogP contribution in [0.15, 0.2) is 48.5 Å². The minimum absolute atomic E-state index is 0.352. The molecule has 0 N–H and O–H groups in total. The van der Waals surface area contributed by atoms with Gasteiger partial charge in [0.2, 0.25) is 0 Å². The minimum atomic E-state index is -0.355. The molecule has 4 nitrogen and oxygen atoms in total. The smallest absolute Gasteiger partial charge is 0.343 e. The van der Waals surface area contributed by atoms with E-state index in [1.165, 1.54) is 31.2 Å². The molecule has 0 unspecified atom stereocenters. The molecule has 2 aliphatic rings. The van der Waals surface area contributed by atoms with Gasteiger partial charge in [-0.2, -0.15) is 0 Å². The Bertz CT molecular complexity index is 797. The molecular weight excluding hydrogens is 412 g/mol. The van der Waals surface area contributed by atoms with Crippen LogP contribution >= 0.6 is 0 Å². The topological polar surface area (TPSA) is 44.8 Å². The summed E-state index contributed by atoms with van der Waals surface area (Å²) in [7, 11) is 0. The van der Waals surface area contributed by atoms with Crippen molar-refractivity contribution in [3.05, 3.63) is 65.2 Å². The van der Waals surface area contributed by atoms with Crippen LogP contribution in [0.1, 0.15) is 101 Å². The maximum atomic E-state index is 12.5. The maximum absolute atomic E-state index is 12.5.